The summed E-state index contributed by atoms with van der Waals surface area (Å²) in [6, 6.07) is 11.4. The van der Waals surface area contributed by atoms with Crippen molar-refractivity contribution in [1.82, 2.24) is 14.7 Å². The Bertz CT molecular complexity index is 799. The fraction of sp³-hybridized carbons (Fsp3) is 0.565. The third-order valence-corrected chi connectivity index (χ3v) is 6.29. The molecule has 6 nitrogen and oxygen atoms in total. The highest BCUT2D eigenvalue weighted by molar-refractivity contribution is 5.86. The molecule has 1 unspecified atom stereocenters. The van der Waals surface area contributed by atoms with Crippen molar-refractivity contribution in [3.8, 4) is 0 Å². The number of carbonyl (C=O) groups is 1. The summed E-state index contributed by atoms with van der Waals surface area (Å²) in [7, 11) is 0. The molecule has 1 aromatic heterocycles. The fourth-order valence-corrected chi connectivity index (χ4v) is 4.70. The molecule has 0 bridgehead atoms. The number of hydrogen-bond acceptors (Lipinski definition) is 4. The number of carboxylic acid groups (broad SMARTS) is 1. The molecule has 0 amide bonds. The van der Waals surface area contributed by atoms with E-state index in [1.54, 1.807) is 0 Å². The van der Waals surface area contributed by atoms with Crippen LogP contribution in [0.25, 0.3) is 0 Å². The van der Waals surface area contributed by atoms with Gasteiger partial charge in [-0.2, -0.15) is 5.10 Å². The molecule has 1 atom stereocenters. The Morgan fingerprint density at radius 1 is 1.17 bits per heavy atom. The number of nitrogens with zero attached hydrogens (tertiary/aromatic N) is 3. The zero-order valence-corrected chi connectivity index (χ0v) is 17.0. The van der Waals surface area contributed by atoms with Crippen LogP contribution in [0, 0.1) is 0 Å². The Balaban J connectivity index is 1.39. The SMILES string of the molecule is O=C(O)c1nn(C2CCOCC2)cc1CN1CCCC1CCCc1ccccc1. The highest BCUT2D eigenvalue weighted by Crippen LogP contribution is 2.27. The normalized spacial score (nSPS) is 20.9. The average molecular weight is 398 g/mol. The van der Waals surface area contributed by atoms with Crippen LogP contribution in [0.15, 0.2) is 36.5 Å². The molecule has 6 heteroatoms. The summed E-state index contributed by atoms with van der Waals surface area (Å²) < 4.78 is 7.31. The molecule has 156 valence electrons. The van der Waals surface area contributed by atoms with Crippen LogP contribution in [0.3, 0.4) is 0 Å². The van der Waals surface area contributed by atoms with Crippen molar-refractivity contribution in [2.24, 2.45) is 0 Å². The van der Waals surface area contributed by atoms with Gasteiger partial charge in [0.25, 0.3) is 0 Å². The molecule has 0 aliphatic carbocycles. The second-order valence-corrected chi connectivity index (χ2v) is 8.28. The van der Waals surface area contributed by atoms with Crippen LogP contribution in [0.5, 0.6) is 0 Å². The highest BCUT2D eigenvalue weighted by atomic mass is 16.5. The van der Waals surface area contributed by atoms with Gasteiger partial charge in [-0.3, -0.25) is 9.58 Å². The van der Waals surface area contributed by atoms with Crippen LogP contribution < -0.4 is 0 Å². The average Bonchev–Trinajstić information content (AvgIpc) is 3.37. The summed E-state index contributed by atoms with van der Waals surface area (Å²) in [5, 5.41) is 14.1. The number of aromatic nitrogens is 2. The Kier molecular flexibility index (Phi) is 6.62. The van der Waals surface area contributed by atoms with Crippen molar-refractivity contribution < 1.29 is 14.6 Å². The summed E-state index contributed by atoms with van der Waals surface area (Å²) >= 11 is 0. The predicted molar refractivity (Wildman–Crippen MR) is 111 cm³/mol. The van der Waals surface area contributed by atoms with E-state index in [1.165, 1.54) is 18.4 Å². The maximum Gasteiger partial charge on any atom is 0.356 e. The molecule has 2 aliphatic heterocycles. The van der Waals surface area contributed by atoms with Gasteiger partial charge in [-0.1, -0.05) is 30.3 Å². The van der Waals surface area contributed by atoms with Crippen molar-refractivity contribution in [3.05, 3.63) is 53.3 Å². The molecule has 2 aliphatic rings. The molecule has 0 radical (unpaired) electrons. The van der Waals surface area contributed by atoms with Gasteiger partial charge in [0.05, 0.1) is 6.04 Å². The van der Waals surface area contributed by atoms with E-state index >= 15 is 0 Å². The lowest BCUT2D eigenvalue weighted by molar-refractivity contribution is 0.0645. The van der Waals surface area contributed by atoms with Crippen LogP contribution in [0.4, 0.5) is 0 Å². The second-order valence-electron chi connectivity index (χ2n) is 8.28. The van der Waals surface area contributed by atoms with E-state index in [0.717, 1.165) is 57.4 Å². The molecular formula is C23H31N3O3. The zero-order chi connectivity index (χ0) is 20.1. The van der Waals surface area contributed by atoms with Gasteiger partial charge in [0, 0.05) is 37.6 Å². The highest BCUT2D eigenvalue weighted by Gasteiger charge is 2.28. The van der Waals surface area contributed by atoms with Gasteiger partial charge < -0.3 is 9.84 Å². The lowest BCUT2D eigenvalue weighted by Gasteiger charge is -2.24. The van der Waals surface area contributed by atoms with Crippen LogP contribution in [0.1, 0.15) is 66.2 Å². The smallest absolute Gasteiger partial charge is 0.356 e. The molecule has 3 heterocycles. The van der Waals surface area contributed by atoms with Crippen molar-refractivity contribution in [3.63, 3.8) is 0 Å². The predicted octanol–water partition coefficient (Wildman–Crippen LogP) is 3.92. The summed E-state index contributed by atoms with van der Waals surface area (Å²) in [4.78, 5) is 14.2. The first-order valence-electron chi connectivity index (χ1n) is 10.9. The quantitative estimate of drug-likeness (QED) is 0.731. The fourth-order valence-electron chi connectivity index (χ4n) is 4.70. The minimum atomic E-state index is -0.925. The zero-order valence-electron chi connectivity index (χ0n) is 17.0. The van der Waals surface area contributed by atoms with E-state index in [2.05, 4.69) is 40.3 Å². The molecule has 0 spiro atoms. The van der Waals surface area contributed by atoms with Gasteiger partial charge in [0.2, 0.25) is 0 Å². The second kappa shape index (κ2) is 9.55. The minimum absolute atomic E-state index is 0.214. The van der Waals surface area contributed by atoms with E-state index in [4.69, 9.17) is 4.74 Å². The first kappa shape index (κ1) is 20.1. The van der Waals surface area contributed by atoms with Crippen LogP contribution in [-0.2, 0) is 17.7 Å². The number of aryl methyl sites for hydroxylation is 1. The Hall–Kier alpha value is -2.18. The first-order chi connectivity index (χ1) is 14.2. The number of carboxylic acids is 1. The van der Waals surface area contributed by atoms with Crippen molar-refractivity contribution in [2.75, 3.05) is 19.8 Å². The van der Waals surface area contributed by atoms with Crippen LogP contribution in [-0.4, -0.2) is 51.6 Å². The first-order valence-corrected chi connectivity index (χ1v) is 10.9. The Morgan fingerprint density at radius 3 is 2.72 bits per heavy atom. The number of hydrogen-bond donors (Lipinski definition) is 1. The monoisotopic (exact) mass is 397 g/mol. The van der Waals surface area contributed by atoms with Crippen LogP contribution >= 0.6 is 0 Å². The van der Waals surface area contributed by atoms with Gasteiger partial charge in [0.1, 0.15) is 0 Å². The lowest BCUT2D eigenvalue weighted by atomic mass is 10.0. The molecule has 2 aromatic rings. The van der Waals surface area contributed by atoms with Crippen LogP contribution in [0.2, 0.25) is 0 Å². The molecule has 1 N–H and O–H groups in total. The third-order valence-electron chi connectivity index (χ3n) is 6.29. The van der Waals surface area contributed by atoms with Gasteiger partial charge >= 0.3 is 5.97 Å². The number of aromatic carboxylic acids is 1. The summed E-state index contributed by atoms with van der Waals surface area (Å²) in [6.45, 7) is 3.16. The molecule has 29 heavy (non-hydrogen) atoms. The van der Waals surface area contributed by atoms with Crippen molar-refractivity contribution in [1.29, 1.82) is 0 Å². The van der Waals surface area contributed by atoms with Gasteiger partial charge in [-0.05, 0) is 57.1 Å². The lowest BCUT2D eigenvalue weighted by Crippen LogP contribution is -2.29. The maximum absolute atomic E-state index is 11.8. The Morgan fingerprint density at radius 2 is 1.97 bits per heavy atom. The summed E-state index contributed by atoms with van der Waals surface area (Å²) in [5.74, 6) is -0.925. The van der Waals surface area contributed by atoms with Crippen molar-refractivity contribution in [2.45, 2.75) is 63.6 Å². The van der Waals surface area contributed by atoms with E-state index < -0.39 is 5.97 Å². The van der Waals surface area contributed by atoms with E-state index in [1.807, 2.05) is 10.9 Å². The number of ether oxygens (including phenoxy) is 1. The summed E-state index contributed by atoms with van der Waals surface area (Å²) in [5.41, 5.74) is 2.45. The number of benzene rings is 1. The third kappa shape index (κ3) is 5.06. The number of rotatable bonds is 8. The van der Waals surface area contributed by atoms with Crippen molar-refractivity contribution >= 4 is 5.97 Å². The Labute approximate surface area is 172 Å². The molecular weight excluding hydrogens is 366 g/mol. The maximum atomic E-state index is 11.8. The molecule has 2 saturated heterocycles. The standard InChI is InChI=1S/C23H31N3O3/c27-23(28)22-19(17-26(24-22)21-11-14-29-15-12-21)16-25-13-5-10-20(25)9-4-8-18-6-2-1-3-7-18/h1-3,6-7,17,20-21H,4-5,8-16H2,(H,27,28). The molecule has 0 saturated carbocycles. The summed E-state index contributed by atoms with van der Waals surface area (Å²) in [6.07, 6.45) is 9.57. The topological polar surface area (TPSA) is 67.6 Å². The van der Waals surface area contributed by atoms with Gasteiger partial charge in [-0.15, -0.1) is 0 Å². The van der Waals surface area contributed by atoms with E-state index in [9.17, 15) is 9.90 Å². The number of likely N-dealkylation sites (tertiary alicyclic amines) is 1. The minimum Gasteiger partial charge on any atom is -0.476 e. The van der Waals surface area contributed by atoms with Gasteiger partial charge in [0.15, 0.2) is 5.69 Å². The van der Waals surface area contributed by atoms with E-state index in [0.29, 0.717) is 12.6 Å². The molecule has 2 fully saturated rings. The molecule has 4 rings (SSSR count). The van der Waals surface area contributed by atoms with Gasteiger partial charge in [-0.25, -0.2) is 4.79 Å². The van der Waals surface area contributed by atoms with E-state index in [-0.39, 0.29) is 11.7 Å². The molecule has 1 aromatic carbocycles. The largest absolute Gasteiger partial charge is 0.476 e.